The van der Waals surface area contributed by atoms with Crippen molar-refractivity contribution in [1.29, 1.82) is 0 Å². The zero-order chi connectivity index (χ0) is 9.54. The highest BCUT2D eigenvalue weighted by Crippen LogP contribution is 2.36. The smallest absolute Gasteiger partial charge is 0.110 e. The number of nitrogens with two attached hydrogens (primary N) is 1. The lowest BCUT2D eigenvalue weighted by Crippen LogP contribution is -2.30. The van der Waals surface area contributed by atoms with Gasteiger partial charge in [-0.1, -0.05) is 6.42 Å². The maximum absolute atomic E-state index is 5.93. The number of fused-ring (bicyclic) bond motifs is 1. The normalized spacial score (nSPS) is 27.1. The Morgan fingerprint density at radius 1 is 1.36 bits per heavy atom. The van der Waals surface area contributed by atoms with Crippen LogP contribution in [-0.2, 0) is 13.0 Å². The molecule has 1 unspecified atom stereocenters. The number of imidazole rings is 1. The van der Waals surface area contributed by atoms with Gasteiger partial charge in [-0.3, -0.25) is 0 Å². The number of nitrogens with zero attached hydrogens (tertiary/aromatic N) is 2. The van der Waals surface area contributed by atoms with E-state index in [0.29, 0.717) is 6.04 Å². The molecule has 14 heavy (non-hydrogen) atoms. The van der Waals surface area contributed by atoms with Gasteiger partial charge in [-0.05, 0) is 19.3 Å². The van der Waals surface area contributed by atoms with Crippen molar-refractivity contribution in [2.45, 2.75) is 50.6 Å². The van der Waals surface area contributed by atoms with Crippen LogP contribution in [0.3, 0.4) is 0 Å². The number of aromatic nitrogens is 2. The van der Waals surface area contributed by atoms with Gasteiger partial charge in [-0.25, -0.2) is 4.98 Å². The summed E-state index contributed by atoms with van der Waals surface area (Å²) >= 11 is 0. The molecule has 3 nitrogen and oxygen atoms in total. The van der Waals surface area contributed by atoms with Crippen LogP contribution < -0.4 is 5.73 Å². The highest BCUT2D eigenvalue weighted by atomic mass is 15.1. The van der Waals surface area contributed by atoms with Crippen molar-refractivity contribution in [2.24, 2.45) is 5.73 Å². The maximum Gasteiger partial charge on any atom is 0.110 e. The van der Waals surface area contributed by atoms with E-state index in [9.17, 15) is 0 Å². The molecule has 1 atom stereocenters. The molecule has 2 heterocycles. The van der Waals surface area contributed by atoms with E-state index in [1.54, 1.807) is 0 Å². The molecule has 1 saturated carbocycles. The first-order chi connectivity index (χ1) is 6.83. The third-order valence-electron chi connectivity index (χ3n) is 3.59. The number of hydrogen-bond donors (Lipinski definition) is 1. The highest BCUT2D eigenvalue weighted by molar-refractivity contribution is 5.14. The number of hydrogen-bond acceptors (Lipinski definition) is 2. The van der Waals surface area contributed by atoms with Crippen LogP contribution in [0.1, 0.15) is 43.1 Å². The predicted molar refractivity (Wildman–Crippen MR) is 55.1 cm³/mol. The van der Waals surface area contributed by atoms with Crippen molar-refractivity contribution in [2.75, 3.05) is 0 Å². The van der Waals surface area contributed by atoms with Crippen LogP contribution in [0.4, 0.5) is 0 Å². The highest BCUT2D eigenvalue weighted by Gasteiger charge is 2.25. The second-order valence-electron chi connectivity index (χ2n) is 4.66. The van der Waals surface area contributed by atoms with E-state index in [1.165, 1.54) is 30.8 Å². The minimum Gasteiger partial charge on any atom is -0.335 e. The van der Waals surface area contributed by atoms with E-state index in [-0.39, 0.29) is 0 Å². The Morgan fingerprint density at radius 3 is 2.93 bits per heavy atom. The Bertz CT molecular complexity index is 338. The second-order valence-corrected chi connectivity index (χ2v) is 4.66. The fourth-order valence-corrected chi connectivity index (χ4v) is 2.37. The van der Waals surface area contributed by atoms with Crippen LogP contribution in [-0.4, -0.2) is 15.6 Å². The van der Waals surface area contributed by atoms with Crippen molar-refractivity contribution in [3.8, 4) is 0 Å². The Hall–Kier alpha value is -0.830. The summed E-state index contributed by atoms with van der Waals surface area (Å²) in [6, 6.07) is 0.333. The van der Waals surface area contributed by atoms with Crippen LogP contribution in [0.5, 0.6) is 0 Å². The minimum absolute atomic E-state index is 0.333. The largest absolute Gasteiger partial charge is 0.335 e. The summed E-state index contributed by atoms with van der Waals surface area (Å²) in [5.74, 6) is 1.97. The van der Waals surface area contributed by atoms with Gasteiger partial charge in [0.2, 0.25) is 0 Å². The summed E-state index contributed by atoms with van der Waals surface area (Å²) in [5.41, 5.74) is 7.25. The van der Waals surface area contributed by atoms with Gasteiger partial charge in [0.1, 0.15) is 5.82 Å². The number of aryl methyl sites for hydroxylation is 1. The van der Waals surface area contributed by atoms with Crippen LogP contribution in [0.15, 0.2) is 6.20 Å². The molecule has 1 aromatic heterocycles. The summed E-state index contributed by atoms with van der Waals surface area (Å²) < 4.78 is 2.30. The van der Waals surface area contributed by atoms with Gasteiger partial charge in [0.05, 0.1) is 5.69 Å². The summed E-state index contributed by atoms with van der Waals surface area (Å²) in [6.07, 6.45) is 8.38. The fraction of sp³-hybridized carbons (Fsp3) is 0.727. The third-order valence-corrected chi connectivity index (χ3v) is 3.59. The molecule has 0 radical (unpaired) electrons. The molecular weight excluding hydrogens is 174 g/mol. The van der Waals surface area contributed by atoms with E-state index in [2.05, 4.69) is 10.8 Å². The molecule has 2 N–H and O–H groups in total. The molecule has 0 saturated heterocycles. The Morgan fingerprint density at radius 2 is 2.21 bits per heavy atom. The molecule has 3 heteroatoms. The molecule has 0 spiro atoms. The Balaban J connectivity index is 1.87. The summed E-state index contributed by atoms with van der Waals surface area (Å²) in [5, 5.41) is 0. The van der Waals surface area contributed by atoms with Crippen molar-refractivity contribution in [3.63, 3.8) is 0 Å². The molecule has 0 bridgehead atoms. The molecule has 3 rings (SSSR count). The Kier molecular flexibility index (Phi) is 1.87. The quantitative estimate of drug-likeness (QED) is 0.729. The molecule has 1 aliphatic carbocycles. The lowest BCUT2D eigenvalue weighted by Gasteiger charge is -2.22. The zero-order valence-corrected chi connectivity index (χ0v) is 8.45. The molecule has 76 valence electrons. The van der Waals surface area contributed by atoms with Gasteiger partial charge in [-0.2, -0.15) is 0 Å². The van der Waals surface area contributed by atoms with Crippen molar-refractivity contribution >= 4 is 0 Å². The van der Waals surface area contributed by atoms with Gasteiger partial charge in [0.15, 0.2) is 0 Å². The molecule has 0 aromatic carbocycles. The summed E-state index contributed by atoms with van der Waals surface area (Å²) in [7, 11) is 0. The first-order valence-electron chi connectivity index (χ1n) is 5.64. The van der Waals surface area contributed by atoms with Gasteiger partial charge < -0.3 is 10.3 Å². The van der Waals surface area contributed by atoms with Crippen LogP contribution in [0.2, 0.25) is 0 Å². The van der Waals surface area contributed by atoms with E-state index in [0.717, 1.165) is 25.3 Å². The van der Waals surface area contributed by atoms with E-state index < -0.39 is 0 Å². The second kappa shape index (κ2) is 3.09. The summed E-state index contributed by atoms with van der Waals surface area (Å²) in [4.78, 5) is 4.71. The average Bonchev–Trinajstić information content (AvgIpc) is 2.43. The van der Waals surface area contributed by atoms with Crippen molar-refractivity contribution in [3.05, 3.63) is 17.7 Å². The summed E-state index contributed by atoms with van der Waals surface area (Å²) in [6.45, 7) is 1.07. The molecular formula is C11H17N3. The van der Waals surface area contributed by atoms with E-state index in [1.807, 2.05) is 0 Å². The van der Waals surface area contributed by atoms with Crippen molar-refractivity contribution < 1.29 is 0 Å². The third kappa shape index (κ3) is 1.27. The molecule has 0 amide bonds. The fourth-order valence-electron chi connectivity index (χ4n) is 2.37. The van der Waals surface area contributed by atoms with Gasteiger partial charge in [-0.15, -0.1) is 0 Å². The van der Waals surface area contributed by atoms with Crippen LogP contribution in [0, 0.1) is 0 Å². The van der Waals surface area contributed by atoms with Crippen LogP contribution >= 0.6 is 0 Å². The molecule has 2 aliphatic rings. The lowest BCUT2D eigenvalue weighted by atomic mass is 9.83. The predicted octanol–water partition coefficient (Wildman–Crippen LogP) is 1.42. The Labute approximate surface area is 84.3 Å². The SMILES string of the molecule is NC1CCn2cc(C3CCC3)nc2C1. The molecule has 1 aliphatic heterocycles. The van der Waals surface area contributed by atoms with E-state index in [4.69, 9.17) is 10.7 Å². The zero-order valence-electron chi connectivity index (χ0n) is 8.45. The monoisotopic (exact) mass is 191 g/mol. The van der Waals surface area contributed by atoms with Crippen molar-refractivity contribution in [1.82, 2.24) is 9.55 Å². The van der Waals surface area contributed by atoms with Gasteiger partial charge in [0, 0.05) is 31.1 Å². The topological polar surface area (TPSA) is 43.8 Å². The number of rotatable bonds is 1. The first kappa shape index (κ1) is 8.48. The first-order valence-corrected chi connectivity index (χ1v) is 5.64. The average molecular weight is 191 g/mol. The minimum atomic E-state index is 0.333. The molecule has 1 fully saturated rings. The lowest BCUT2D eigenvalue weighted by molar-refractivity contribution is 0.412. The van der Waals surface area contributed by atoms with E-state index >= 15 is 0 Å². The van der Waals surface area contributed by atoms with Gasteiger partial charge in [0.25, 0.3) is 0 Å². The standard InChI is InChI=1S/C11H17N3/c12-9-4-5-14-7-10(8-2-1-3-8)13-11(14)6-9/h7-9H,1-6,12H2. The van der Waals surface area contributed by atoms with Gasteiger partial charge >= 0.3 is 0 Å². The molecule has 1 aromatic rings. The maximum atomic E-state index is 5.93. The van der Waals surface area contributed by atoms with Crippen LogP contribution in [0.25, 0.3) is 0 Å².